The summed E-state index contributed by atoms with van der Waals surface area (Å²) in [5.74, 6) is 0. The van der Waals surface area contributed by atoms with Crippen LogP contribution in [0.4, 0.5) is 0 Å². The van der Waals surface area contributed by atoms with Crippen molar-refractivity contribution in [1.82, 2.24) is 14.7 Å². The molecule has 1 saturated heterocycles. The lowest BCUT2D eigenvalue weighted by atomic mass is 10.1. The van der Waals surface area contributed by atoms with Crippen LogP contribution in [0.2, 0.25) is 5.02 Å². The number of nitrogens with zero attached hydrogens (tertiary/aromatic N) is 3. The monoisotopic (exact) mass is 243 g/mol. The van der Waals surface area contributed by atoms with Crippen molar-refractivity contribution in [1.29, 1.82) is 0 Å². The van der Waals surface area contributed by atoms with Crippen molar-refractivity contribution >= 4 is 11.6 Å². The lowest BCUT2D eigenvalue weighted by Gasteiger charge is -2.29. The van der Waals surface area contributed by atoms with Crippen molar-refractivity contribution in [2.75, 3.05) is 13.1 Å². The summed E-state index contributed by atoms with van der Waals surface area (Å²) in [4.78, 5) is 2.23. The highest BCUT2D eigenvalue weighted by molar-refractivity contribution is 6.31. The van der Waals surface area contributed by atoms with Gasteiger partial charge in [0.1, 0.15) is 0 Å². The molecule has 2 heterocycles. The summed E-state index contributed by atoms with van der Waals surface area (Å²) in [5, 5.41) is 14.6. The topological polar surface area (TPSA) is 41.3 Å². The van der Waals surface area contributed by atoms with Crippen LogP contribution in [0.1, 0.15) is 24.2 Å². The van der Waals surface area contributed by atoms with Crippen molar-refractivity contribution in [2.24, 2.45) is 7.05 Å². The van der Waals surface area contributed by atoms with Crippen molar-refractivity contribution in [3.05, 3.63) is 16.4 Å². The first-order chi connectivity index (χ1) is 7.58. The third-order valence-electron chi connectivity index (χ3n) is 3.12. The van der Waals surface area contributed by atoms with E-state index in [0.29, 0.717) is 0 Å². The molecule has 0 aromatic carbocycles. The number of halogens is 1. The van der Waals surface area contributed by atoms with Crippen molar-refractivity contribution in [2.45, 2.75) is 32.4 Å². The van der Waals surface area contributed by atoms with Crippen LogP contribution in [-0.4, -0.2) is 39.0 Å². The molecule has 0 radical (unpaired) electrons. The molecule has 0 saturated carbocycles. The van der Waals surface area contributed by atoms with Crippen molar-refractivity contribution in [3.8, 4) is 0 Å². The number of aryl methyl sites for hydroxylation is 2. The summed E-state index contributed by atoms with van der Waals surface area (Å²) in [6, 6.07) is 0. The molecule has 90 valence electrons. The van der Waals surface area contributed by atoms with E-state index in [0.717, 1.165) is 48.9 Å². The Kier molecular flexibility index (Phi) is 3.52. The van der Waals surface area contributed by atoms with Crippen LogP contribution in [0, 0.1) is 6.92 Å². The normalized spacial score (nSPS) is 22.6. The largest absolute Gasteiger partial charge is 0.392 e. The average molecular weight is 244 g/mol. The maximum atomic E-state index is 9.60. The van der Waals surface area contributed by atoms with Crippen molar-refractivity contribution in [3.63, 3.8) is 0 Å². The molecular weight excluding hydrogens is 226 g/mol. The van der Waals surface area contributed by atoms with E-state index in [1.165, 1.54) is 0 Å². The molecule has 1 N–H and O–H groups in total. The zero-order valence-corrected chi connectivity index (χ0v) is 10.5. The van der Waals surface area contributed by atoms with Gasteiger partial charge in [-0.3, -0.25) is 9.58 Å². The molecule has 0 aliphatic carbocycles. The number of β-amino-alcohol motifs (C(OH)–C–C–N with tert-alkyl or cyclic N) is 1. The van der Waals surface area contributed by atoms with Gasteiger partial charge in [0.05, 0.1) is 22.5 Å². The van der Waals surface area contributed by atoms with E-state index in [2.05, 4.69) is 10.00 Å². The van der Waals surface area contributed by atoms with Gasteiger partial charge in [-0.1, -0.05) is 11.6 Å². The predicted molar refractivity (Wildman–Crippen MR) is 63.5 cm³/mol. The summed E-state index contributed by atoms with van der Waals surface area (Å²) in [7, 11) is 1.91. The standard InChI is InChI=1S/C11H18ClN3O/c1-8-11(12)10(14(2)13-8)7-15-5-3-4-9(16)6-15/h9,16H,3-7H2,1-2H3/t9-/m0/s1. The molecule has 0 bridgehead atoms. The van der Waals surface area contributed by atoms with Crippen LogP contribution in [0.5, 0.6) is 0 Å². The Morgan fingerprint density at radius 3 is 2.88 bits per heavy atom. The number of aliphatic hydroxyl groups is 1. The summed E-state index contributed by atoms with van der Waals surface area (Å²) in [6.45, 7) is 4.45. The minimum Gasteiger partial charge on any atom is -0.392 e. The van der Waals surface area contributed by atoms with Gasteiger partial charge in [0.2, 0.25) is 0 Å². The van der Waals surface area contributed by atoms with Gasteiger partial charge in [-0.25, -0.2) is 0 Å². The van der Waals surface area contributed by atoms with Gasteiger partial charge in [-0.2, -0.15) is 5.10 Å². The first-order valence-electron chi connectivity index (χ1n) is 5.66. The fraction of sp³-hybridized carbons (Fsp3) is 0.727. The molecule has 1 aromatic heterocycles. The van der Waals surface area contributed by atoms with E-state index in [9.17, 15) is 5.11 Å². The second-order valence-electron chi connectivity index (χ2n) is 4.50. The molecule has 1 aromatic rings. The molecule has 0 unspecified atom stereocenters. The zero-order chi connectivity index (χ0) is 11.7. The molecule has 4 nitrogen and oxygen atoms in total. The first-order valence-corrected chi connectivity index (χ1v) is 6.04. The van der Waals surface area contributed by atoms with E-state index in [1.807, 2.05) is 18.7 Å². The molecule has 1 atom stereocenters. The summed E-state index contributed by atoms with van der Waals surface area (Å²) in [5.41, 5.74) is 1.91. The quantitative estimate of drug-likeness (QED) is 0.852. The van der Waals surface area contributed by atoms with Gasteiger partial charge >= 0.3 is 0 Å². The second-order valence-corrected chi connectivity index (χ2v) is 4.88. The highest BCUT2D eigenvalue weighted by Gasteiger charge is 2.20. The molecular formula is C11H18ClN3O. The Morgan fingerprint density at radius 1 is 1.56 bits per heavy atom. The number of aromatic nitrogens is 2. The second kappa shape index (κ2) is 4.73. The fourth-order valence-electron chi connectivity index (χ4n) is 2.24. The number of aliphatic hydroxyl groups excluding tert-OH is 1. The predicted octanol–water partition coefficient (Wildman–Crippen LogP) is 1.34. The Morgan fingerprint density at radius 2 is 2.31 bits per heavy atom. The summed E-state index contributed by atoms with van der Waals surface area (Å²) < 4.78 is 1.83. The number of hydrogen-bond acceptors (Lipinski definition) is 3. The molecule has 0 spiro atoms. The number of rotatable bonds is 2. The molecule has 1 fully saturated rings. The van der Waals surface area contributed by atoms with Gasteiger partial charge in [-0.05, 0) is 26.3 Å². The van der Waals surface area contributed by atoms with E-state index in [4.69, 9.17) is 11.6 Å². The lowest BCUT2D eigenvalue weighted by Crippen LogP contribution is -2.38. The Hall–Kier alpha value is -0.580. The number of likely N-dealkylation sites (tertiary alicyclic amines) is 1. The molecule has 1 aliphatic rings. The van der Waals surface area contributed by atoms with Crippen molar-refractivity contribution < 1.29 is 5.11 Å². The van der Waals surface area contributed by atoms with Crippen LogP contribution in [0.3, 0.4) is 0 Å². The lowest BCUT2D eigenvalue weighted by molar-refractivity contribution is 0.0656. The number of hydrogen-bond donors (Lipinski definition) is 1. The smallest absolute Gasteiger partial charge is 0.0860 e. The third-order valence-corrected chi connectivity index (χ3v) is 3.61. The minimum absolute atomic E-state index is 0.193. The van der Waals surface area contributed by atoms with E-state index >= 15 is 0 Å². The van der Waals surface area contributed by atoms with Gasteiger partial charge < -0.3 is 5.11 Å². The molecule has 5 heteroatoms. The van der Waals surface area contributed by atoms with Crippen LogP contribution < -0.4 is 0 Å². The van der Waals surface area contributed by atoms with Crippen LogP contribution in [0.15, 0.2) is 0 Å². The number of piperidine rings is 1. The summed E-state index contributed by atoms with van der Waals surface area (Å²) >= 11 is 6.20. The van der Waals surface area contributed by atoms with Crippen LogP contribution in [-0.2, 0) is 13.6 Å². The highest BCUT2D eigenvalue weighted by Crippen LogP contribution is 2.22. The van der Waals surface area contributed by atoms with Gasteiger partial charge in [0.25, 0.3) is 0 Å². The van der Waals surface area contributed by atoms with E-state index in [1.54, 1.807) is 0 Å². The average Bonchev–Trinajstić information content (AvgIpc) is 2.45. The first kappa shape index (κ1) is 11.9. The Balaban J connectivity index is 2.08. The minimum atomic E-state index is -0.193. The maximum absolute atomic E-state index is 9.60. The van der Waals surface area contributed by atoms with Crippen LogP contribution in [0.25, 0.3) is 0 Å². The SMILES string of the molecule is Cc1nn(C)c(CN2CCC[C@H](O)C2)c1Cl. The van der Waals surface area contributed by atoms with Gasteiger partial charge in [-0.15, -0.1) is 0 Å². The zero-order valence-electron chi connectivity index (χ0n) is 9.78. The summed E-state index contributed by atoms with van der Waals surface area (Å²) in [6.07, 6.45) is 1.77. The van der Waals surface area contributed by atoms with Gasteiger partial charge in [0.15, 0.2) is 0 Å². The van der Waals surface area contributed by atoms with E-state index < -0.39 is 0 Å². The fourth-order valence-corrected chi connectivity index (χ4v) is 2.46. The molecule has 16 heavy (non-hydrogen) atoms. The van der Waals surface area contributed by atoms with Gasteiger partial charge in [0, 0.05) is 20.1 Å². The van der Waals surface area contributed by atoms with E-state index in [-0.39, 0.29) is 6.10 Å². The van der Waals surface area contributed by atoms with Crippen LogP contribution >= 0.6 is 11.6 Å². The highest BCUT2D eigenvalue weighted by atomic mass is 35.5. The Labute approximate surface area is 101 Å². The molecule has 1 aliphatic heterocycles. The maximum Gasteiger partial charge on any atom is 0.0860 e. The Bertz CT molecular complexity index is 378. The molecule has 2 rings (SSSR count). The third kappa shape index (κ3) is 2.39. The molecule has 0 amide bonds.